The monoisotopic (exact) mass is 240 g/mol. The third kappa shape index (κ3) is 2.00. The molecule has 0 amide bonds. The van der Waals surface area contributed by atoms with Crippen LogP contribution < -0.4 is 5.73 Å². The predicted octanol–water partition coefficient (Wildman–Crippen LogP) is 2.54. The Bertz CT molecular complexity index is 466. The number of aromatic nitrogens is 3. The van der Waals surface area contributed by atoms with Crippen LogP contribution in [0.2, 0.25) is 0 Å². The maximum Gasteiger partial charge on any atom is 0.157 e. The summed E-state index contributed by atoms with van der Waals surface area (Å²) in [4.78, 5) is 4.53. The Labute approximate surface area is 96.3 Å². The van der Waals surface area contributed by atoms with Crippen molar-refractivity contribution >= 4 is 27.9 Å². The zero-order valence-corrected chi connectivity index (χ0v) is 10.4. The van der Waals surface area contributed by atoms with E-state index in [1.807, 2.05) is 5.38 Å². The lowest BCUT2D eigenvalue weighted by Gasteiger charge is -2.13. The Balaban J connectivity index is 2.41. The number of anilines is 1. The van der Waals surface area contributed by atoms with Gasteiger partial charge in [-0.3, -0.25) is 0 Å². The number of hydrogen-bond donors (Lipinski definition) is 1. The minimum Gasteiger partial charge on any atom is -0.387 e. The first-order valence-electron chi connectivity index (χ1n) is 4.52. The van der Waals surface area contributed by atoms with Crippen molar-refractivity contribution < 1.29 is 0 Å². The molecule has 0 fully saturated rings. The first-order chi connectivity index (χ1) is 6.98. The van der Waals surface area contributed by atoms with Gasteiger partial charge in [0.05, 0.1) is 5.69 Å². The molecule has 2 aromatic rings. The zero-order chi connectivity index (χ0) is 11.1. The van der Waals surface area contributed by atoms with Gasteiger partial charge in [-0.15, -0.1) is 16.4 Å². The molecule has 2 heterocycles. The number of nitrogens with zero attached hydrogens (tertiary/aromatic N) is 3. The molecule has 0 aliphatic heterocycles. The van der Waals surface area contributed by atoms with Crippen molar-refractivity contribution in [2.75, 3.05) is 5.73 Å². The van der Waals surface area contributed by atoms with Gasteiger partial charge in [0.15, 0.2) is 5.69 Å². The van der Waals surface area contributed by atoms with Crippen LogP contribution in [0, 0.1) is 0 Å². The van der Waals surface area contributed by atoms with Gasteiger partial charge in [0.25, 0.3) is 0 Å². The number of thiazole rings is 1. The number of nitrogen functional groups attached to an aromatic ring is 1. The summed E-state index contributed by atoms with van der Waals surface area (Å²) in [5, 5.41) is 7.50. The van der Waals surface area contributed by atoms with E-state index in [9.17, 15) is 0 Å². The van der Waals surface area contributed by atoms with Gasteiger partial charge in [0.1, 0.15) is 10.0 Å². The average Bonchev–Trinajstić information content (AvgIpc) is 2.69. The van der Waals surface area contributed by atoms with Crippen molar-refractivity contribution in [3.8, 4) is 10.7 Å². The summed E-state index contributed by atoms with van der Waals surface area (Å²) in [5.41, 5.74) is 7.59. The highest BCUT2D eigenvalue weighted by Crippen LogP contribution is 2.32. The molecule has 80 valence electrons. The second kappa shape index (κ2) is 3.53. The van der Waals surface area contributed by atoms with E-state index in [4.69, 9.17) is 5.73 Å². The molecule has 0 aliphatic carbocycles. The summed E-state index contributed by atoms with van der Waals surface area (Å²) in [7, 11) is 0. The fourth-order valence-corrected chi connectivity index (χ4v) is 2.61. The molecule has 6 heteroatoms. The van der Waals surface area contributed by atoms with Crippen molar-refractivity contribution in [2.24, 2.45) is 0 Å². The van der Waals surface area contributed by atoms with Crippen LogP contribution in [0.1, 0.15) is 26.5 Å². The highest BCUT2D eigenvalue weighted by Gasteiger charge is 2.19. The van der Waals surface area contributed by atoms with Crippen molar-refractivity contribution in [3.63, 3.8) is 0 Å². The van der Waals surface area contributed by atoms with E-state index in [0.29, 0.717) is 10.7 Å². The van der Waals surface area contributed by atoms with Gasteiger partial charge in [-0.2, -0.15) is 0 Å². The van der Waals surface area contributed by atoms with Crippen LogP contribution in [0.25, 0.3) is 10.7 Å². The standard InChI is InChI=1S/C9H12N4S2/c1-9(2,3)5-4-14-8(11-5)6-7(10)15-13-12-6/h4H,10H2,1-3H3. The summed E-state index contributed by atoms with van der Waals surface area (Å²) in [6.45, 7) is 6.40. The van der Waals surface area contributed by atoms with Crippen molar-refractivity contribution in [3.05, 3.63) is 11.1 Å². The lowest BCUT2D eigenvalue weighted by atomic mass is 9.93. The molecule has 0 aliphatic rings. The minimum absolute atomic E-state index is 0.0625. The van der Waals surface area contributed by atoms with E-state index >= 15 is 0 Å². The van der Waals surface area contributed by atoms with E-state index in [2.05, 4.69) is 35.3 Å². The van der Waals surface area contributed by atoms with Crippen molar-refractivity contribution in [2.45, 2.75) is 26.2 Å². The molecule has 2 N–H and O–H groups in total. The van der Waals surface area contributed by atoms with E-state index in [0.717, 1.165) is 10.7 Å². The lowest BCUT2D eigenvalue weighted by molar-refractivity contribution is 0.573. The molecule has 0 radical (unpaired) electrons. The first kappa shape index (κ1) is 10.5. The summed E-state index contributed by atoms with van der Waals surface area (Å²) in [6, 6.07) is 0. The number of rotatable bonds is 1. The van der Waals surface area contributed by atoms with E-state index < -0.39 is 0 Å². The molecule has 0 saturated carbocycles. The van der Waals surface area contributed by atoms with Gasteiger partial charge in [-0.25, -0.2) is 4.98 Å². The fraction of sp³-hybridized carbons (Fsp3) is 0.444. The molecule has 0 saturated heterocycles. The minimum atomic E-state index is 0.0625. The number of nitrogens with two attached hydrogens (primary N) is 1. The highest BCUT2D eigenvalue weighted by molar-refractivity contribution is 7.14. The van der Waals surface area contributed by atoms with Crippen LogP contribution in [0.15, 0.2) is 5.38 Å². The van der Waals surface area contributed by atoms with Crippen LogP contribution in [-0.4, -0.2) is 14.6 Å². The molecule has 2 rings (SSSR count). The number of hydrogen-bond acceptors (Lipinski definition) is 6. The Hall–Kier alpha value is -1.01. The van der Waals surface area contributed by atoms with Gasteiger partial charge < -0.3 is 5.73 Å². The lowest BCUT2D eigenvalue weighted by Crippen LogP contribution is -2.11. The highest BCUT2D eigenvalue weighted by atomic mass is 32.1. The summed E-state index contributed by atoms with van der Waals surface area (Å²) < 4.78 is 3.80. The maximum absolute atomic E-state index is 5.75. The molecule has 4 nitrogen and oxygen atoms in total. The molecule has 0 unspecified atom stereocenters. The van der Waals surface area contributed by atoms with Gasteiger partial charge in [-0.05, 0) is 0 Å². The Kier molecular flexibility index (Phi) is 2.47. The molecule has 0 bridgehead atoms. The van der Waals surface area contributed by atoms with Crippen molar-refractivity contribution in [1.29, 1.82) is 0 Å². The molecule has 2 aromatic heterocycles. The maximum atomic E-state index is 5.75. The molecule has 15 heavy (non-hydrogen) atoms. The average molecular weight is 240 g/mol. The molecule has 0 spiro atoms. The molecule has 0 atom stereocenters. The van der Waals surface area contributed by atoms with Gasteiger partial charge >= 0.3 is 0 Å². The van der Waals surface area contributed by atoms with Crippen molar-refractivity contribution in [1.82, 2.24) is 14.6 Å². The van der Waals surface area contributed by atoms with Crippen LogP contribution in [-0.2, 0) is 5.41 Å². The first-order valence-corrected chi connectivity index (χ1v) is 6.18. The van der Waals surface area contributed by atoms with E-state index in [1.165, 1.54) is 11.5 Å². The quantitative estimate of drug-likeness (QED) is 0.832. The second-order valence-electron chi connectivity index (χ2n) is 4.27. The van der Waals surface area contributed by atoms with E-state index in [-0.39, 0.29) is 5.41 Å². The normalized spacial score (nSPS) is 11.9. The van der Waals surface area contributed by atoms with E-state index in [1.54, 1.807) is 11.3 Å². The SMILES string of the molecule is CC(C)(C)c1csc(-c2nnsc2N)n1. The fourth-order valence-electron chi connectivity index (χ4n) is 1.07. The third-order valence-electron chi connectivity index (χ3n) is 1.99. The molecular weight excluding hydrogens is 228 g/mol. The largest absolute Gasteiger partial charge is 0.387 e. The van der Waals surface area contributed by atoms with Crippen LogP contribution in [0.4, 0.5) is 5.00 Å². The predicted molar refractivity (Wildman–Crippen MR) is 64.1 cm³/mol. The Morgan fingerprint density at radius 2 is 2.07 bits per heavy atom. The van der Waals surface area contributed by atoms with Gasteiger partial charge in [-0.1, -0.05) is 25.3 Å². The summed E-state index contributed by atoms with van der Waals surface area (Å²) in [6.07, 6.45) is 0. The summed E-state index contributed by atoms with van der Waals surface area (Å²) >= 11 is 2.76. The third-order valence-corrected chi connectivity index (χ3v) is 3.39. The molecular formula is C9H12N4S2. The van der Waals surface area contributed by atoms with Crippen LogP contribution >= 0.6 is 22.9 Å². The second-order valence-corrected chi connectivity index (χ2v) is 5.92. The van der Waals surface area contributed by atoms with Gasteiger partial charge in [0.2, 0.25) is 0 Å². The van der Waals surface area contributed by atoms with Gasteiger partial charge in [0, 0.05) is 22.3 Å². The van der Waals surface area contributed by atoms with Crippen LogP contribution in [0.5, 0.6) is 0 Å². The zero-order valence-electron chi connectivity index (χ0n) is 8.81. The molecule has 0 aromatic carbocycles. The smallest absolute Gasteiger partial charge is 0.157 e. The Morgan fingerprint density at radius 1 is 1.33 bits per heavy atom. The van der Waals surface area contributed by atoms with Crippen LogP contribution in [0.3, 0.4) is 0 Å². The Morgan fingerprint density at radius 3 is 2.53 bits per heavy atom. The summed E-state index contributed by atoms with van der Waals surface area (Å²) in [5.74, 6) is 0. The topological polar surface area (TPSA) is 64.7 Å².